The number of aromatic carboxylic acids is 1. The number of alkyl halides is 3. The molecule has 0 bridgehead atoms. The highest BCUT2D eigenvalue weighted by atomic mass is 19.4. The topological polar surface area (TPSA) is 66.7 Å². The van der Waals surface area contributed by atoms with Crippen molar-refractivity contribution in [3.05, 3.63) is 34.2 Å². The molecule has 0 amide bonds. The second kappa shape index (κ2) is 3.68. The Hall–Kier alpha value is -1.92. The molecule has 0 saturated heterocycles. The average molecular weight is 219 g/mol. The van der Waals surface area contributed by atoms with E-state index >= 15 is 0 Å². The minimum atomic E-state index is -4.63. The van der Waals surface area contributed by atoms with Gasteiger partial charge in [-0.15, -0.1) is 4.91 Å². The summed E-state index contributed by atoms with van der Waals surface area (Å²) < 4.78 is 36.4. The third kappa shape index (κ3) is 2.30. The van der Waals surface area contributed by atoms with E-state index in [0.717, 1.165) is 0 Å². The van der Waals surface area contributed by atoms with Crippen LogP contribution in [-0.4, -0.2) is 11.1 Å². The summed E-state index contributed by atoms with van der Waals surface area (Å²) in [5, 5.41) is 10.7. The van der Waals surface area contributed by atoms with Gasteiger partial charge in [0.15, 0.2) is 0 Å². The Morgan fingerprint density at radius 3 is 2.33 bits per heavy atom. The molecule has 7 heteroatoms. The van der Waals surface area contributed by atoms with Gasteiger partial charge in [-0.3, -0.25) is 0 Å². The van der Waals surface area contributed by atoms with Crippen LogP contribution in [0.3, 0.4) is 0 Å². The van der Waals surface area contributed by atoms with E-state index in [0.29, 0.717) is 18.2 Å². The number of nitroso groups, excluding NO2 is 1. The van der Waals surface area contributed by atoms with Gasteiger partial charge in [0.2, 0.25) is 0 Å². The highest BCUT2D eigenvalue weighted by Crippen LogP contribution is 2.33. The highest BCUT2D eigenvalue weighted by Gasteiger charge is 2.31. The molecule has 1 aromatic carbocycles. The summed E-state index contributed by atoms with van der Waals surface area (Å²) in [4.78, 5) is 20.6. The van der Waals surface area contributed by atoms with Crippen molar-refractivity contribution >= 4 is 11.7 Å². The zero-order chi connectivity index (χ0) is 11.6. The smallest absolute Gasteiger partial charge is 0.416 e. The molecule has 0 fully saturated rings. The second-order valence-electron chi connectivity index (χ2n) is 2.63. The molecular weight excluding hydrogens is 215 g/mol. The number of halogens is 3. The first-order valence-electron chi connectivity index (χ1n) is 3.64. The lowest BCUT2D eigenvalue weighted by molar-refractivity contribution is -0.137. The molecule has 0 aromatic heterocycles. The van der Waals surface area contributed by atoms with E-state index in [9.17, 15) is 22.9 Å². The first-order valence-corrected chi connectivity index (χ1v) is 3.64. The Labute approximate surface area is 81.3 Å². The van der Waals surface area contributed by atoms with E-state index < -0.39 is 29.0 Å². The molecule has 0 aliphatic carbocycles. The molecule has 0 aliphatic rings. The summed E-state index contributed by atoms with van der Waals surface area (Å²) in [6, 6.07) is 1.68. The van der Waals surface area contributed by atoms with Crippen molar-refractivity contribution in [1.29, 1.82) is 0 Å². The zero-order valence-electron chi connectivity index (χ0n) is 7.08. The molecule has 4 nitrogen and oxygen atoms in total. The van der Waals surface area contributed by atoms with E-state index in [1.54, 1.807) is 0 Å². The molecule has 80 valence electrons. The molecule has 0 atom stereocenters. The quantitative estimate of drug-likeness (QED) is 0.777. The maximum atomic E-state index is 12.1. The monoisotopic (exact) mass is 219 g/mol. The fraction of sp³-hybridized carbons (Fsp3) is 0.125. The van der Waals surface area contributed by atoms with Crippen LogP contribution in [0.1, 0.15) is 15.9 Å². The molecule has 0 aliphatic heterocycles. The average Bonchev–Trinajstić information content (AvgIpc) is 2.15. The SMILES string of the molecule is O=Nc1cc(C(F)(F)F)ccc1C(=O)O. The molecule has 0 heterocycles. The minimum absolute atomic E-state index is 0.399. The maximum absolute atomic E-state index is 12.1. The van der Waals surface area contributed by atoms with Gasteiger partial charge >= 0.3 is 12.1 Å². The number of benzene rings is 1. The van der Waals surface area contributed by atoms with E-state index in [-0.39, 0.29) is 0 Å². The van der Waals surface area contributed by atoms with Crippen molar-refractivity contribution in [2.24, 2.45) is 5.18 Å². The number of carboxylic acid groups (broad SMARTS) is 1. The van der Waals surface area contributed by atoms with Crippen LogP contribution in [0.15, 0.2) is 23.4 Å². The van der Waals surface area contributed by atoms with Gasteiger partial charge in [0.25, 0.3) is 0 Å². The fourth-order valence-corrected chi connectivity index (χ4v) is 0.964. The Bertz CT molecular complexity index is 414. The van der Waals surface area contributed by atoms with Gasteiger partial charge in [0, 0.05) is 0 Å². The zero-order valence-corrected chi connectivity index (χ0v) is 7.08. The van der Waals surface area contributed by atoms with Crippen molar-refractivity contribution in [1.82, 2.24) is 0 Å². The van der Waals surface area contributed by atoms with Crippen LogP contribution in [0.4, 0.5) is 18.9 Å². The van der Waals surface area contributed by atoms with Crippen molar-refractivity contribution in [3.63, 3.8) is 0 Å². The van der Waals surface area contributed by atoms with Crippen LogP contribution in [-0.2, 0) is 6.18 Å². The van der Waals surface area contributed by atoms with Gasteiger partial charge in [0.05, 0.1) is 11.1 Å². The normalized spacial score (nSPS) is 11.1. The molecule has 1 N–H and O–H groups in total. The second-order valence-corrected chi connectivity index (χ2v) is 2.63. The summed E-state index contributed by atoms with van der Waals surface area (Å²) in [6.45, 7) is 0. The predicted molar refractivity (Wildman–Crippen MR) is 43.9 cm³/mol. The van der Waals surface area contributed by atoms with E-state index in [4.69, 9.17) is 5.11 Å². The molecule has 1 rings (SSSR count). The molecule has 0 spiro atoms. The van der Waals surface area contributed by atoms with Crippen LogP contribution in [0.25, 0.3) is 0 Å². The van der Waals surface area contributed by atoms with Gasteiger partial charge in [-0.1, -0.05) is 0 Å². The third-order valence-electron chi connectivity index (χ3n) is 1.65. The number of carbonyl (C=O) groups is 1. The summed E-state index contributed by atoms with van der Waals surface area (Å²) in [5.74, 6) is -1.50. The molecule has 0 unspecified atom stereocenters. The van der Waals surface area contributed by atoms with Gasteiger partial charge in [-0.2, -0.15) is 13.2 Å². The summed E-state index contributed by atoms with van der Waals surface area (Å²) in [6.07, 6.45) is -4.63. The van der Waals surface area contributed by atoms with Gasteiger partial charge in [-0.05, 0) is 23.4 Å². The number of hydrogen-bond donors (Lipinski definition) is 1. The van der Waals surface area contributed by atoms with Crippen molar-refractivity contribution < 1.29 is 23.1 Å². The van der Waals surface area contributed by atoms with Crippen molar-refractivity contribution in [2.75, 3.05) is 0 Å². The molecule has 15 heavy (non-hydrogen) atoms. The molecule has 1 aromatic rings. The van der Waals surface area contributed by atoms with Crippen LogP contribution in [0.5, 0.6) is 0 Å². The van der Waals surface area contributed by atoms with Gasteiger partial charge < -0.3 is 5.11 Å². The van der Waals surface area contributed by atoms with E-state index in [1.807, 2.05) is 0 Å². The van der Waals surface area contributed by atoms with Gasteiger partial charge in [0.1, 0.15) is 5.69 Å². The van der Waals surface area contributed by atoms with Crippen molar-refractivity contribution in [3.8, 4) is 0 Å². The lowest BCUT2D eigenvalue weighted by Gasteiger charge is -2.07. The van der Waals surface area contributed by atoms with Crippen LogP contribution in [0, 0.1) is 4.91 Å². The Balaban J connectivity index is 3.31. The molecular formula is C8H4F3NO3. The predicted octanol–water partition coefficient (Wildman–Crippen LogP) is 2.80. The van der Waals surface area contributed by atoms with E-state index in [2.05, 4.69) is 5.18 Å². The lowest BCUT2D eigenvalue weighted by atomic mass is 10.1. The molecule has 0 saturated carbocycles. The van der Waals surface area contributed by atoms with Crippen molar-refractivity contribution in [2.45, 2.75) is 6.18 Å². The van der Waals surface area contributed by atoms with E-state index in [1.165, 1.54) is 0 Å². The first kappa shape index (κ1) is 11.2. The third-order valence-corrected chi connectivity index (χ3v) is 1.65. The summed E-state index contributed by atoms with van der Waals surface area (Å²) >= 11 is 0. The number of nitrogens with zero attached hydrogens (tertiary/aromatic N) is 1. The fourth-order valence-electron chi connectivity index (χ4n) is 0.964. The lowest BCUT2D eigenvalue weighted by Crippen LogP contribution is -2.06. The summed E-state index contributed by atoms with van der Waals surface area (Å²) in [5.41, 5.74) is -2.41. The summed E-state index contributed by atoms with van der Waals surface area (Å²) in [7, 11) is 0. The minimum Gasteiger partial charge on any atom is -0.478 e. The number of carboxylic acids is 1. The molecule has 0 radical (unpaired) electrons. The highest BCUT2D eigenvalue weighted by molar-refractivity contribution is 5.93. The number of rotatable bonds is 2. The van der Waals surface area contributed by atoms with Crippen LogP contribution >= 0.6 is 0 Å². The van der Waals surface area contributed by atoms with Crippen LogP contribution < -0.4 is 0 Å². The first-order chi connectivity index (χ1) is 6.86. The Morgan fingerprint density at radius 1 is 1.33 bits per heavy atom. The van der Waals surface area contributed by atoms with Gasteiger partial charge in [-0.25, -0.2) is 4.79 Å². The Morgan fingerprint density at radius 2 is 1.93 bits per heavy atom. The Kier molecular flexibility index (Phi) is 2.74. The maximum Gasteiger partial charge on any atom is 0.416 e. The van der Waals surface area contributed by atoms with Crippen LogP contribution in [0.2, 0.25) is 0 Å². The standard InChI is InChI=1S/C8H4F3NO3/c9-8(10,11)4-1-2-5(7(13)14)6(3-4)12-15/h1-3H,(H,13,14). The largest absolute Gasteiger partial charge is 0.478 e. The number of hydrogen-bond acceptors (Lipinski definition) is 3.